The quantitative estimate of drug-likeness (QED) is 0.215. The van der Waals surface area contributed by atoms with Crippen molar-refractivity contribution in [3.8, 4) is 0 Å². The van der Waals surface area contributed by atoms with Gasteiger partial charge in [-0.05, 0) is 58.6 Å². The number of hydrogen-bond donors (Lipinski definition) is 5. The Morgan fingerprint density at radius 1 is 0.833 bits per heavy atom. The Hall–Kier alpha value is -3.47. The lowest BCUT2D eigenvalue weighted by Crippen LogP contribution is -2.59. The SMILES string of the molecule is CC(C)(N)C(=O)N[C@H](Cc1csc2ccccc12)C(=O)N[C@H](Cc1csc2ccccc12)NC(N)=O. The maximum Gasteiger partial charge on any atom is 0.313 e. The highest BCUT2D eigenvalue weighted by Crippen LogP contribution is 2.28. The van der Waals surface area contributed by atoms with Gasteiger partial charge in [-0.25, -0.2) is 4.79 Å². The summed E-state index contributed by atoms with van der Waals surface area (Å²) in [6.45, 7) is 3.16. The Kier molecular flexibility index (Phi) is 7.58. The predicted octanol–water partition coefficient (Wildman–Crippen LogP) is 3.23. The van der Waals surface area contributed by atoms with Crippen LogP contribution in [-0.2, 0) is 22.4 Å². The van der Waals surface area contributed by atoms with E-state index in [1.165, 1.54) is 0 Å². The Balaban J connectivity index is 1.58. The molecule has 0 radical (unpaired) electrons. The average Bonchev–Trinajstić information content (AvgIpc) is 3.42. The zero-order valence-electron chi connectivity index (χ0n) is 20.0. The van der Waals surface area contributed by atoms with Gasteiger partial charge in [-0.1, -0.05) is 36.4 Å². The largest absolute Gasteiger partial charge is 0.352 e. The number of hydrogen-bond acceptors (Lipinski definition) is 6. The van der Waals surface area contributed by atoms with E-state index >= 15 is 0 Å². The lowest BCUT2D eigenvalue weighted by atomic mass is 10.0. The van der Waals surface area contributed by atoms with E-state index in [9.17, 15) is 14.4 Å². The normalized spacial score (nSPS) is 13.3. The predicted molar refractivity (Wildman–Crippen MR) is 146 cm³/mol. The van der Waals surface area contributed by atoms with E-state index in [1.807, 2.05) is 59.3 Å². The van der Waals surface area contributed by atoms with Crippen molar-refractivity contribution in [2.45, 2.75) is 44.4 Å². The first-order valence-corrected chi connectivity index (χ1v) is 13.2. The number of nitrogens with two attached hydrogens (primary N) is 2. The highest BCUT2D eigenvalue weighted by atomic mass is 32.1. The number of urea groups is 1. The van der Waals surface area contributed by atoms with E-state index < -0.39 is 35.6 Å². The smallest absolute Gasteiger partial charge is 0.313 e. The van der Waals surface area contributed by atoms with Gasteiger partial charge < -0.3 is 27.4 Å². The molecule has 0 aliphatic carbocycles. The second kappa shape index (κ2) is 10.7. The lowest BCUT2D eigenvalue weighted by molar-refractivity contribution is -0.131. The molecular formula is C26H29N5O3S2. The fourth-order valence-corrected chi connectivity index (χ4v) is 5.91. The molecule has 0 saturated heterocycles. The molecule has 7 N–H and O–H groups in total. The van der Waals surface area contributed by atoms with Gasteiger partial charge in [0.2, 0.25) is 11.8 Å². The zero-order chi connectivity index (χ0) is 25.9. The van der Waals surface area contributed by atoms with E-state index in [0.29, 0.717) is 6.42 Å². The second-order valence-electron chi connectivity index (χ2n) is 9.24. The van der Waals surface area contributed by atoms with Crippen LogP contribution < -0.4 is 27.4 Å². The van der Waals surface area contributed by atoms with Crippen LogP contribution in [-0.4, -0.2) is 35.6 Å². The molecular weight excluding hydrogens is 494 g/mol. The molecule has 4 aromatic rings. The van der Waals surface area contributed by atoms with E-state index in [1.54, 1.807) is 36.5 Å². The van der Waals surface area contributed by atoms with Crippen molar-refractivity contribution in [3.05, 3.63) is 70.4 Å². The first-order chi connectivity index (χ1) is 17.1. The molecule has 2 aromatic heterocycles. The summed E-state index contributed by atoms with van der Waals surface area (Å²) in [5, 5.41) is 14.3. The van der Waals surface area contributed by atoms with Gasteiger partial charge in [-0.3, -0.25) is 9.59 Å². The van der Waals surface area contributed by atoms with Crippen LogP contribution in [0.4, 0.5) is 4.79 Å². The molecule has 0 aliphatic rings. The van der Waals surface area contributed by atoms with E-state index in [-0.39, 0.29) is 6.42 Å². The monoisotopic (exact) mass is 523 g/mol. The van der Waals surface area contributed by atoms with Crippen molar-refractivity contribution < 1.29 is 14.4 Å². The summed E-state index contributed by atoms with van der Waals surface area (Å²) in [6.07, 6.45) is -0.164. The van der Waals surface area contributed by atoms with Crippen LogP contribution in [0.5, 0.6) is 0 Å². The molecule has 0 fully saturated rings. The molecule has 4 amide bonds. The summed E-state index contributed by atoms with van der Waals surface area (Å²) in [7, 11) is 0. The maximum absolute atomic E-state index is 13.5. The average molecular weight is 524 g/mol. The van der Waals surface area contributed by atoms with Crippen molar-refractivity contribution in [2.75, 3.05) is 0 Å². The molecule has 0 aliphatic heterocycles. The number of fused-ring (bicyclic) bond motifs is 2. The Labute approximate surface area is 217 Å². The number of carbonyl (C=O) groups is 3. The minimum atomic E-state index is -1.17. The topological polar surface area (TPSA) is 139 Å². The van der Waals surface area contributed by atoms with Gasteiger partial charge >= 0.3 is 6.03 Å². The van der Waals surface area contributed by atoms with Crippen molar-refractivity contribution in [1.29, 1.82) is 0 Å². The van der Waals surface area contributed by atoms with E-state index in [2.05, 4.69) is 16.0 Å². The summed E-state index contributed by atoms with van der Waals surface area (Å²) >= 11 is 3.17. The van der Waals surface area contributed by atoms with E-state index in [4.69, 9.17) is 11.5 Å². The molecule has 36 heavy (non-hydrogen) atoms. The molecule has 2 heterocycles. The van der Waals surface area contributed by atoms with Crippen LogP contribution in [0, 0.1) is 0 Å². The molecule has 0 saturated carbocycles. The molecule has 0 unspecified atom stereocenters. The lowest BCUT2D eigenvalue weighted by Gasteiger charge is -2.26. The first kappa shape index (κ1) is 25.6. The van der Waals surface area contributed by atoms with Gasteiger partial charge in [0.05, 0.1) is 5.54 Å². The zero-order valence-corrected chi connectivity index (χ0v) is 21.7. The maximum atomic E-state index is 13.5. The summed E-state index contributed by atoms with van der Waals surface area (Å²) in [6, 6.07) is 14.2. The third kappa shape index (κ3) is 6.01. The number of rotatable bonds is 9. The molecule has 0 bridgehead atoms. The summed E-state index contributed by atoms with van der Waals surface area (Å²) < 4.78 is 2.20. The summed E-state index contributed by atoms with van der Waals surface area (Å²) in [5.74, 6) is -0.897. The standard InChI is InChI=1S/C26H29N5O3S2/c1-26(2,28)24(33)29-19(11-15-13-35-20-9-5-3-7-17(15)20)23(32)30-22(31-25(27)34)12-16-14-36-21-10-6-4-8-18(16)21/h3-10,13-14,19,22H,11-12,28H2,1-2H3,(H,29,33)(H,30,32)(H3,27,31,34)/t19-,22+/m1/s1. The fourth-order valence-electron chi connectivity index (χ4n) is 3.96. The van der Waals surface area contributed by atoms with Gasteiger partial charge in [0, 0.05) is 22.2 Å². The van der Waals surface area contributed by atoms with Crippen molar-refractivity contribution in [1.82, 2.24) is 16.0 Å². The van der Waals surface area contributed by atoms with Gasteiger partial charge in [0.25, 0.3) is 0 Å². The van der Waals surface area contributed by atoms with Crippen molar-refractivity contribution >= 4 is 60.7 Å². The number of nitrogens with one attached hydrogen (secondary N) is 3. The molecule has 0 spiro atoms. The number of thiophene rings is 2. The Morgan fingerprint density at radius 3 is 1.89 bits per heavy atom. The Morgan fingerprint density at radius 2 is 1.36 bits per heavy atom. The molecule has 10 heteroatoms. The fraction of sp³-hybridized carbons (Fsp3) is 0.269. The number of carbonyl (C=O) groups excluding carboxylic acids is 3. The first-order valence-electron chi connectivity index (χ1n) is 11.5. The van der Waals surface area contributed by atoms with Crippen molar-refractivity contribution in [3.63, 3.8) is 0 Å². The van der Waals surface area contributed by atoms with Gasteiger partial charge in [0.1, 0.15) is 12.2 Å². The molecule has 4 rings (SSSR count). The van der Waals surface area contributed by atoms with Crippen LogP contribution in [0.2, 0.25) is 0 Å². The van der Waals surface area contributed by atoms with Crippen LogP contribution in [0.3, 0.4) is 0 Å². The summed E-state index contributed by atoms with van der Waals surface area (Å²) in [4.78, 5) is 38.0. The minimum absolute atomic E-state index is 0.266. The highest BCUT2D eigenvalue weighted by Gasteiger charge is 2.30. The minimum Gasteiger partial charge on any atom is -0.352 e. The number of primary amides is 1. The van der Waals surface area contributed by atoms with E-state index in [0.717, 1.165) is 31.3 Å². The molecule has 2 aromatic carbocycles. The van der Waals surface area contributed by atoms with Gasteiger partial charge in [0.15, 0.2) is 0 Å². The number of amides is 4. The molecule has 2 atom stereocenters. The van der Waals surface area contributed by atoms with Crippen LogP contribution in [0.25, 0.3) is 20.2 Å². The van der Waals surface area contributed by atoms with Crippen LogP contribution in [0.15, 0.2) is 59.3 Å². The van der Waals surface area contributed by atoms with Gasteiger partial charge in [-0.2, -0.15) is 0 Å². The van der Waals surface area contributed by atoms with Crippen molar-refractivity contribution in [2.24, 2.45) is 11.5 Å². The van der Waals surface area contributed by atoms with Crippen LogP contribution in [0.1, 0.15) is 25.0 Å². The second-order valence-corrected chi connectivity index (χ2v) is 11.1. The van der Waals surface area contributed by atoms with Crippen LogP contribution >= 0.6 is 22.7 Å². The summed E-state index contributed by atoms with van der Waals surface area (Å²) in [5.41, 5.74) is 12.1. The third-order valence-electron chi connectivity index (χ3n) is 5.81. The van der Waals surface area contributed by atoms with Gasteiger partial charge in [-0.15, -0.1) is 22.7 Å². The number of benzene rings is 2. The molecule has 188 valence electrons. The third-order valence-corrected chi connectivity index (χ3v) is 7.84. The molecule has 8 nitrogen and oxygen atoms in total. The Bertz CT molecular complexity index is 1410. The highest BCUT2D eigenvalue weighted by molar-refractivity contribution is 7.17.